The molecule has 0 aliphatic carbocycles. The van der Waals surface area contributed by atoms with Gasteiger partial charge in [-0.15, -0.1) is 6.58 Å². The Kier molecular flexibility index (Phi) is 4.55. The van der Waals surface area contributed by atoms with E-state index >= 15 is 0 Å². The van der Waals surface area contributed by atoms with E-state index in [-0.39, 0.29) is 5.91 Å². The van der Waals surface area contributed by atoms with Crippen LogP contribution in [-0.4, -0.2) is 18.5 Å². The molecule has 0 aromatic carbocycles. The largest absolute Gasteiger partial charge is 0.333 e. The van der Waals surface area contributed by atoms with Crippen LogP contribution in [0, 0.1) is 0 Å². The standard InChI is InChI=1S/C6H11N3O2/c1-3-4-7-6(11)9-8-5(2)10/h3H,1,4H2,2H3,(H,8,10)(H2,7,9,11). The van der Waals surface area contributed by atoms with E-state index in [9.17, 15) is 9.59 Å². The molecule has 0 aromatic heterocycles. The smallest absolute Gasteiger partial charge is 0.333 e. The summed E-state index contributed by atoms with van der Waals surface area (Å²) >= 11 is 0. The monoisotopic (exact) mass is 157 g/mol. The summed E-state index contributed by atoms with van der Waals surface area (Å²) < 4.78 is 0. The highest BCUT2D eigenvalue weighted by molar-refractivity contribution is 5.79. The van der Waals surface area contributed by atoms with Crippen molar-refractivity contribution in [1.82, 2.24) is 16.2 Å². The lowest BCUT2D eigenvalue weighted by Gasteiger charge is -2.04. The molecule has 0 aliphatic heterocycles. The molecule has 0 spiro atoms. The van der Waals surface area contributed by atoms with Crippen LogP contribution in [0.5, 0.6) is 0 Å². The van der Waals surface area contributed by atoms with Gasteiger partial charge in [0.25, 0.3) is 0 Å². The zero-order chi connectivity index (χ0) is 8.69. The quantitative estimate of drug-likeness (QED) is 0.374. The van der Waals surface area contributed by atoms with Gasteiger partial charge in [0.2, 0.25) is 5.91 Å². The Bertz CT molecular complexity index is 167. The number of hydrazine groups is 1. The Hall–Kier alpha value is -1.52. The van der Waals surface area contributed by atoms with E-state index < -0.39 is 6.03 Å². The van der Waals surface area contributed by atoms with Crippen molar-refractivity contribution in [2.45, 2.75) is 6.92 Å². The third-order valence-electron chi connectivity index (χ3n) is 0.759. The summed E-state index contributed by atoms with van der Waals surface area (Å²) in [7, 11) is 0. The van der Waals surface area contributed by atoms with Gasteiger partial charge in [-0.3, -0.25) is 10.2 Å². The fourth-order valence-corrected chi connectivity index (χ4v) is 0.354. The van der Waals surface area contributed by atoms with Crippen molar-refractivity contribution in [3.63, 3.8) is 0 Å². The van der Waals surface area contributed by atoms with Crippen LogP contribution in [0.3, 0.4) is 0 Å². The molecule has 5 heteroatoms. The lowest BCUT2D eigenvalue weighted by atomic mass is 10.6. The van der Waals surface area contributed by atoms with Gasteiger partial charge in [-0.1, -0.05) is 6.08 Å². The molecule has 62 valence electrons. The Morgan fingerprint density at radius 2 is 2.09 bits per heavy atom. The first-order chi connectivity index (χ1) is 5.16. The van der Waals surface area contributed by atoms with Gasteiger partial charge in [-0.05, 0) is 0 Å². The first-order valence-corrected chi connectivity index (χ1v) is 3.08. The first kappa shape index (κ1) is 9.48. The number of carbonyl (C=O) groups is 2. The van der Waals surface area contributed by atoms with E-state index in [2.05, 4.69) is 22.7 Å². The molecule has 0 fully saturated rings. The maximum absolute atomic E-state index is 10.6. The highest BCUT2D eigenvalue weighted by Gasteiger charge is 1.95. The van der Waals surface area contributed by atoms with Crippen LogP contribution in [0.1, 0.15) is 6.92 Å². The van der Waals surface area contributed by atoms with E-state index in [1.54, 1.807) is 0 Å². The Morgan fingerprint density at radius 1 is 1.45 bits per heavy atom. The minimum Gasteiger partial charge on any atom is -0.333 e. The normalized spacial score (nSPS) is 8.09. The number of carbonyl (C=O) groups excluding carboxylic acids is 2. The minimum atomic E-state index is -0.458. The van der Waals surface area contributed by atoms with Crippen LogP contribution in [0.4, 0.5) is 4.79 Å². The SMILES string of the molecule is C=CCNC(=O)NNC(C)=O. The molecule has 0 aromatic rings. The lowest BCUT2D eigenvalue weighted by molar-refractivity contribution is -0.119. The van der Waals surface area contributed by atoms with Crippen molar-refractivity contribution in [3.05, 3.63) is 12.7 Å². The summed E-state index contributed by atoms with van der Waals surface area (Å²) in [5.41, 5.74) is 4.24. The molecular formula is C6H11N3O2. The van der Waals surface area contributed by atoms with Gasteiger partial charge in [0.15, 0.2) is 0 Å². The minimum absolute atomic E-state index is 0.321. The highest BCUT2D eigenvalue weighted by atomic mass is 16.2. The van der Waals surface area contributed by atoms with Gasteiger partial charge in [0.1, 0.15) is 0 Å². The van der Waals surface area contributed by atoms with Crippen LogP contribution in [0.25, 0.3) is 0 Å². The fraction of sp³-hybridized carbons (Fsp3) is 0.333. The number of amides is 3. The van der Waals surface area contributed by atoms with Crippen molar-refractivity contribution in [3.8, 4) is 0 Å². The Balaban J connectivity index is 3.37. The predicted octanol–water partition coefficient (Wildman–Crippen LogP) is -0.477. The van der Waals surface area contributed by atoms with Gasteiger partial charge < -0.3 is 5.32 Å². The molecule has 0 bridgehead atoms. The molecule has 0 saturated heterocycles. The summed E-state index contributed by atoms with van der Waals surface area (Å²) in [4.78, 5) is 20.9. The van der Waals surface area contributed by atoms with Crippen molar-refractivity contribution in [2.75, 3.05) is 6.54 Å². The first-order valence-electron chi connectivity index (χ1n) is 3.08. The maximum Gasteiger partial charge on any atom is 0.333 e. The molecule has 0 radical (unpaired) electrons. The highest BCUT2D eigenvalue weighted by Crippen LogP contribution is 1.62. The molecule has 3 N–H and O–H groups in total. The summed E-state index contributed by atoms with van der Waals surface area (Å²) in [6.45, 7) is 5.06. The number of hydrogen-bond acceptors (Lipinski definition) is 2. The van der Waals surface area contributed by atoms with Crippen LogP contribution in [0.15, 0.2) is 12.7 Å². The van der Waals surface area contributed by atoms with E-state index in [1.807, 2.05) is 0 Å². The Labute approximate surface area is 64.8 Å². The summed E-state index contributed by atoms with van der Waals surface area (Å²) in [6.07, 6.45) is 1.54. The van der Waals surface area contributed by atoms with Crippen molar-refractivity contribution in [2.24, 2.45) is 0 Å². The van der Waals surface area contributed by atoms with Crippen molar-refractivity contribution >= 4 is 11.9 Å². The second-order valence-corrected chi connectivity index (χ2v) is 1.80. The fourth-order valence-electron chi connectivity index (χ4n) is 0.354. The summed E-state index contributed by atoms with van der Waals surface area (Å²) in [5, 5.41) is 2.40. The maximum atomic E-state index is 10.6. The molecule has 0 rings (SSSR count). The molecule has 0 aliphatic rings. The zero-order valence-corrected chi connectivity index (χ0v) is 6.31. The van der Waals surface area contributed by atoms with Crippen molar-refractivity contribution in [1.29, 1.82) is 0 Å². The van der Waals surface area contributed by atoms with E-state index in [4.69, 9.17) is 0 Å². The number of rotatable bonds is 2. The summed E-state index contributed by atoms with van der Waals surface area (Å²) in [6, 6.07) is -0.458. The second kappa shape index (κ2) is 5.28. The van der Waals surface area contributed by atoms with Crippen molar-refractivity contribution < 1.29 is 9.59 Å². The Morgan fingerprint density at radius 3 is 2.55 bits per heavy atom. The third kappa shape index (κ3) is 6.36. The third-order valence-corrected chi connectivity index (χ3v) is 0.759. The second-order valence-electron chi connectivity index (χ2n) is 1.80. The van der Waals surface area contributed by atoms with Gasteiger partial charge >= 0.3 is 6.03 Å². The molecule has 0 unspecified atom stereocenters. The van der Waals surface area contributed by atoms with Crippen LogP contribution < -0.4 is 16.2 Å². The zero-order valence-electron chi connectivity index (χ0n) is 6.31. The number of nitrogens with one attached hydrogen (secondary N) is 3. The molecule has 11 heavy (non-hydrogen) atoms. The average Bonchev–Trinajstić information content (AvgIpc) is 1.97. The molecule has 5 nitrogen and oxygen atoms in total. The van der Waals surface area contributed by atoms with Crippen LogP contribution in [0.2, 0.25) is 0 Å². The average molecular weight is 157 g/mol. The number of hydrogen-bond donors (Lipinski definition) is 3. The van der Waals surface area contributed by atoms with Gasteiger partial charge in [-0.25, -0.2) is 10.2 Å². The van der Waals surface area contributed by atoms with Crippen LogP contribution >= 0.6 is 0 Å². The molecular weight excluding hydrogens is 146 g/mol. The number of urea groups is 1. The molecule has 3 amide bonds. The topological polar surface area (TPSA) is 70.2 Å². The molecule has 0 atom stereocenters. The predicted molar refractivity (Wildman–Crippen MR) is 40.5 cm³/mol. The molecule has 0 heterocycles. The lowest BCUT2D eigenvalue weighted by Crippen LogP contribution is -2.46. The van der Waals surface area contributed by atoms with E-state index in [1.165, 1.54) is 13.0 Å². The van der Waals surface area contributed by atoms with Crippen LogP contribution in [-0.2, 0) is 4.79 Å². The molecule has 0 saturated carbocycles. The van der Waals surface area contributed by atoms with Gasteiger partial charge in [-0.2, -0.15) is 0 Å². The van der Waals surface area contributed by atoms with Gasteiger partial charge in [0, 0.05) is 13.5 Å². The summed E-state index contributed by atoms with van der Waals surface area (Å²) in [5.74, 6) is -0.321. The van der Waals surface area contributed by atoms with E-state index in [0.29, 0.717) is 6.54 Å². The van der Waals surface area contributed by atoms with Gasteiger partial charge in [0.05, 0.1) is 0 Å². The van der Waals surface area contributed by atoms with E-state index in [0.717, 1.165) is 0 Å².